The van der Waals surface area contributed by atoms with Gasteiger partial charge >= 0.3 is 0 Å². The average molecular weight is 381 g/mol. The van der Waals surface area contributed by atoms with Gasteiger partial charge in [-0.3, -0.25) is 10.1 Å². The van der Waals surface area contributed by atoms with Gasteiger partial charge in [-0.05, 0) is 59.4 Å². The maximum atomic E-state index is 14.6. The summed E-state index contributed by atoms with van der Waals surface area (Å²) in [7, 11) is 0. The zero-order valence-electron chi connectivity index (χ0n) is 15.5. The van der Waals surface area contributed by atoms with Crippen LogP contribution in [0.4, 0.5) is 10.1 Å². The SMILES string of the molecule is CC(C)(C)[S@@+]([O-])N[C@](C)(CCC1(C#N)CC1)c1cc([N+](=O)[O-])ccc1F. The standard InChI is InChI=1S/C18H24FN3O3S/c1-16(2,3)26(25)21-17(4,7-8-18(12-20)9-10-18)14-11-13(22(23)24)5-6-15(14)19/h5-6,11,21H,7-10H2,1-4H3/t17-,26-/m1/s1. The van der Waals surface area contributed by atoms with E-state index in [2.05, 4.69) is 10.8 Å². The van der Waals surface area contributed by atoms with Crippen LogP contribution in [0, 0.1) is 32.7 Å². The first kappa shape index (κ1) is 20.6. The van der Waals surface area contributed by atoms with Gasteiger partial charge in [0.25, 0.3) is 5.69 Å². The van der Waals surface area contributed by atoms with E-state index in [9.17, 15) is 24.3 Å². The Morgan fingerprint density at radius 3 is 2.46 bits per heavy atom. The van der Waals surface area contributed by atoms with E-state index in [1.807, 2.05) is 0 Å². The largest absolute Gasteiger partial charge is 0.598 e. The quantitative estimate of drug-likeness (QED) is 0.435. The summed E-state index contributed by atoms with van der Waals surface area (Å²) in [5.41, 5.74) is -1.64. The third-order valence-corrected chi connectivity index (χ3v) is 6.57. The normalized spacial score (nSPS) is 19.3. The van der Waals surface area contributed by atoms with Gasteiger partial charge < -0.3 is 4.55 Å². The Bertz CT molecular complexity index is 740. The third kappa shape index (κ3) is 4.53. The number of nitriles is 1. The Kier molecular flexibility index (Phi) is 5.66. The summed E-state index contributed by atoms with van der Waals surface area (Å²) in [6.07, 6.45) is 2.44. The Labute approximate surface area is 156 Å². The zero-order chi connectivity index (χ0) is 19.8. The summed E-state index contributed by atoms with van der Waals surface area (Å²) >= 11 is -1.51. The molecule has 142 valence electrons. The molecule has 0 bridgehead atoms. The number of nitro benzene ring substituents is 1. The Morgan fingerprint density at radius 2 is 2.00 bits per heavy atom. The van der Waals surface area contributed by atoms with E-state index < -0.39 is 37.8 Å². The molecule has 0 aliphatic heterocycles. The topological polar surface area (TPSA) is 102 Å². The lowest BCUT2D eigenvalue weighted by Crippen LogP contribution is -2.50. The summed E-state index contributed by atoms with van der Waals surface area (Å²) in [6, 6.07) is 5.66. The van der Waals surface area contributed by atoms with Crippen molar-refractivity contribution in [3.8, 4) is 6.07 Å². The predicted molar refractivity (Wildman–Crippen MR) is 98.0 cm³/mol. The molecule has 1 aliphatic rings. The van der Waals surface area contributed by atoms with Gasteiger partial charge in [-0.2, -0.15) is 5.26 Å². The molecule has 0 unspecified atom stereocenters. The minimum atomic E-state index is -1.51. The summed E-state index contributed by atoms with van der Waals surface area (Å²) in [4.78, 5) is 10.5. The lowest BCUT2D eigenvalue weighted by molar-refractivity contribution is -0.385. The Balaban J connectivity index is 2.41. The van der Waals surface area contributed by atoms with E-state index in [1.54, 1.807) is 27.7 Å². The highest BCUT2D eigenvalue weighted by Gasteiger charge is 2.46. The van der Waals surface area contributed by atoms with Gasteiger partial charge in [-0.25, -0.2) is 4.39 Å². The van der Waals surface area contributed by atoms with E-state index in [0.29, 0.717) is 12.8 Å². The molecule has 2 rings (SSSR count). The van der Waals surface area contributed by atoms with Crippen molar-refractivity contribution < 1.29 is 13.9 Å². The van der Waals surface area contributed by atoms with Crippen LogP contribution in [0.15, 0.2) is 18.2 Å². The Hall–Kier alpha value is -1.69. The molecule has 1 aromatic carbocycles. The van der Waals surface area contributed by atoms with Gasteiger partial charge in [0, 0.05) is 29.1 Å². The highest BCUT2D eigenvalue weighted by molar-refractivity contribution is 7.90. The predicted octanol–water partition coefficient (Wildman–Crippen LogP) is 4.08. The van der Waals surface area contributed by atoms with Crippen molar-refractivity contribution in [2.45, 2.75) is 63.7 Å². The number of nitrogens with one attached hydrogen (secondary N) is 1. The fourth-order valence-corrected chi connectivity index (χ4v) is 3.63. The van der Waals surface area contributed by atoms with Gasteiger partial charge in [0.05, 0.1) is 21.9 Å². The molecule has 0 amide bonds. The zero-order valence-corrected chi connectivity index (χ0v) is 16.3. The first-order valence-corrected chi connectivity index (χ1v) is 9.63. The van der Waals surface area contributed by atoms with Crippen molar-refractivity contribution in [1.82, 2.24) is 4.72 Å². The lowest BCUT2D eigenvalue weighted by Gasteiger charge is -2.35. The van der Waals surface area contributed by atoms with Crippen molar-refractivity contribution in [2.75, 3.05) is 0 Å². The number of hydrogen-bond donors (Lipinski definition) is 1. The molecule has 1 aliphatic carbocycles. The average Bonchev–Trinajstić information content (AvgIpc) is 3.33. The molecule has 0 radical (unpaired) electrons. The molecule has 1 saturated carbocycles. The fraction of sp³-hybridized carbons (Fsp3) is 0.611. The minimum absolute atomic E-state index is 0.0954. The summed E-state index contributed by atoms with van der Waals surface area (Å²) < 4.78 is 29.6. The molecule has 1 fully saturated rings. The van der Waals surface area contributed by atoms with Crippen LogP contribution in [0.1, 0.15) is 58.9 Å². The molecule has 6 nitrogen and oxygen atoms in total. The van der Waals surface area contributed by atoms with Crippen molar-refractivity contribution in [3.05, 3.63) is 39.7 Å². The van der Waals surface area contributed by atoms with Gasteiger partial charge in [0.2, 0.25) is 0 Å². The first-order valence-electron chi connectivity index (χ1n) is 8.48. The van der Waals surface area contributed by atoms with Gasteiger partial charge in [-0.1, -0.05) is 0 Å². The second-order valence-corrected chi connectivity index (χ2v) is 10.1. The second kappa shape index (κ2) is 7.14. The maximum Gasteiger partial charge on any atom is 0.269 e. The van der Waals surface area contributed by atoms with Crippen molar-refractivity contribution in [3.63, 3.8) is 0 Å². The van der Waals surface area contributed by atoms with Gasteiger partial charge in [0.15, 0.2) is 0 Å². The first-order chi connectivity index (χ1) is 11.9. The number of benzene rings is 1. The molecular formula is C18H24FN3O3S. The van der Waals surface area contributed by atoms with Crippen LogP contribution in [0.25, 0.3) is 0 Å². The van der Waals surface area contributed by atoms with Crippen molar-refractivity contribution in [2.24, 2.45) is 5.41 Å². The third-order valence-electron chi connectivity index (χ3n) is 4.82. The van der Waals surface area contributed by atoms with Crippen LogP contribution < -0.4 is 4.72 Å². The molecule has 1 aromatic rings. The van der Waals surface area contributed by atoms with E-state index in [1.165, 1.54) is 6.07 Å². The van der Waals surface area contributed by atoms with Crippen LogP contribution >= 0.6 is 0 Å². The van der Waals surface area contributed by atoms with Crippen molar-refractivity contribution >= 4 is 17.0 Å². The summed E-state index contributed by atoms with van der Waals surface area (Å²) in [6.45, 7) is 7.06. The molecule has 0 heterocycles. The van der Waals surface area contributed by atoms with E-state index >= 15 is 0 Å². The maximum absolute atomic E-state index is 14.6. The smallest absolute Gasteiger partial charge is 0.269 e. The van der Waals surface area contributed by atoms with Crippen LogP contribution in [-0.4, -0.2) is 14.2 Å². The molecule has 26 heavy (non-hydrogen) atoms. The summed E-state index contributed by atoms with van der Waals surface area (Å²) in [5.74, 6) is -0.599. The van der Waals surface area contributed by atoms with Crippen LogP contribution in [0.2, 0.25) is 0 Å². The number of nitro groups is 1. The minimum Gasteiger partial charge on any atom is -0.598 e. The number of halogens is 1. The molecule has 2 atom stereocenters. The van der Waals surface area contributed by atoms with E-state index in [-0.39, 0.29) is 11.3 Å². The van der Waals surface area contributed by atoms with Gasteiger partial charge in [0.1, 0.15) is 10.6 Å². The lowest BCUT2D eigenvalue weighted by atomic mass is 9.84. The van der Waals surface area contributed by atoms with Crippen LogP contribution in [0.3, 0.4) is 0 Å². The van der Waals surface area contributed by atoms with E-state index in [0.717, 1.165) is 25.0 Å². The molecule has 0 aromatic heterocycles. The second-order valence-electron chi connectivity index (χ2n) is 8.13. The fourth-order valence-electron chi connectivity index (χ4n) is 2.71. The van der Waals surface area contributed by atoms with Gasteiger partial charge in [-0.15, -0.1) is 4.72 Å². The molecule has 8 heteroatoms. The van der Waals surface area contributed by atoms with Crippen LogP contribution in [0.5, 0.6) is 0 Å². The van der Waals surface area contributed by atoms with Crippen molar-refractivity contribution in [1.29, 1.82) is 5.26 Å². The number of hydrogen-bond acceptors (Lipinski definition) is 5. The number of non-ortho nitro benzene ring substituents is 1. The van der Waals surface area contributed by atoms with Crippen LogP contribution in [-0.2, 0) is 16.9 Å². The summed E-state index contributed by atoms with van der Waals surface area (Å²) in [5, 5.41) is 20.4. The highest BCUT2D eigenvalue weighted by atomic mass is 32.2. The number of rotatable bonds is 7. The number of nitrogens with zero attached hydrogens (tertiary/aromatic N) is 2. The molecule has 0 saturated heterocycles. The highest BCUT2D eigenvalue weighted by Crippen LogP contribution is 2.51. The monoisotopic (exact) mass is 381 g/mol. The molecular weight excluding hydrogens is 357 g/mol. The molecule has 1 N–H and O–H groups in total. The Morgan fingerprint density at radius 1 is 1.38 bits per heavy atom. The molecule has 0 spiro atoms. The van der Waals surface area contributed by atoms with E-state index in [4.69, 9.17) is 0 Å².